The number of hydrogen-bond donors (Lipinski definition) is 1. The minimum atomic E-state index is -1.05. The smallest absolute Gasteiger partial charge is 0.335 e. The molecule has 1 saturated carbocycles. The third-order valence-corrected chi connectivity index (χ3v) is 4.91. The summed E-state index contributed by atoms with van der Waals surface area (Å²) < 4.78 is 0.447. The molecule has 1 saturated heterocycles. The summed E-state index contributed by atoms with van der Waals surface area (Å²) in [6.45, 7) is 0. The number of carboxylic acids is 1. The summed E-state index contributed by atoms with van der Waals surface area (Å²) in [5.74, 6) is -1.79. The van der Waals surface area contributed by atoms with E-state index in [4.69, 9.17) is 5.11 Å². The number of carbonyl (C=O) groups excluding carboxylic acids is 2. The Morgan fingerprint density at radius 1 is 1.14 bits per heavy atom. The summed E-state index contributed by atoms with van der Waals surface area (Å²) in [5.41, 5.74) is 0.548. The first-order chi connectivity index (χ1) is 10.0. The molecule has 6 heteroatoms. The van der Waals surface area contributed by atoms with Crippen molar-refractivity contribution in [2.24, 2.45) is 11.8 Å². The van der Waals surface area contributed by atoms with E-state index in [-0.39, 0.29) is 29.2 Å². The average molecular weight is 352 g/mol. The Kier molecular flexibility index (Phi) is 3.57. The van der Waals surface area contributed by atoms with Crippen molar-refractivity contribution in [3.8, 4) is 0 Å². The molecule has 2 fully saturated rings. The Labute approximate surface area is 130 Å². The number of benzene rings is 1. The van der Waals surface area contributed by atoms with Crippen molar-refractivity contribution >= 4 is 39.4 Å². The van der Waals surface area contributed by atoms with Crippen LogP contribution in [0.2, 0.25) is 0 Å². The van der Waals surface area contributed by atoms with Gasteiger partial charge in [0, 0.05) is 4.47 Å². The second kappa shape index (κ2) is 5.26. The summed E-state index contributed by atoms with van der Waals surface area (Å²) in [7, 11) is 0. The molecule has 1 aromatic rings. The van der Waals surface area contributed by atoms with E-state index in [0.29, 0.717) is 10.2 Å². The number of hydrogen-bond acceptors (Lipinski definition) is 3. The average Bonchev–Trinajstić information content (AvgIpc) is 2.72. The van der Waals surface area contributed by atoms with Gasteiger partial charge in [-0.05, 0) is 47.0 Å². The number of anilines is 1. The van der Waals surface area contributed by atoms with Gasteiger partial charge in [0.15, 0.2) is 0 Å². The van der Waals surface area contributed by atoms with Crippen molar-refractivity contribution in [1.29, 1.82) is 0 Å². The maximum Gasteiger partial charge on any atom is 0.335 e. The summed E-state index contributed by atoms with van der Waals surface area (Å²) in [6.07, 6.45) is 3.48. The van der Waals surface area contributed by atoms with Gasteiger partial charge in [-0.2, -0.15) is 0 Å². The van der Waals surface area contributed by atoms with Gasteiger partial charge in [0.25, 0.3) is 0 Å². The van der Waals surface area contributed by atoms with Crippen LogP contribution in [0, 0.1) is 11.8 Å². The molecule has 1 aromatic carbocycles. The molecule has 0 bridgehead atoms. The number of fused-ring (bicyclic) bond motifs is 1. The van der Waals surface area contributed by atoms with E-state index in [9.17, 15) is 14.4 Å². The van der Waals surface area contributed by atoms with Gasteiger partial charge in [0.1, 0.15) is 0 Å². The Hall–Kier alpha value is -1.69. The van der Waals surface area contributed by atoms with Gasteiger partial charge in [-0.25, -0.2) is 9.69 Å². The fourth-order valence-corrected chi connectivity index (χ4v) is 3.78. The van der Waals surface area contributed by atoms with Gasteiger partial charge in [-0.15, -0.1) is 0 Å². The van der Waals surface area contributed by atoms with Gasteiger partial charge < -0.3 is 5.11 Å². The summed E-state index contributed by atoms with van der Waals surface area (Å²) in [6, 6.07) is 4.34. The van der Waals surface area contributed by atoms with Gasteiger partial charge in [-0.1, -0.05) is 12.8 Å². The number of rotatable bonds is 2. The minimum absolute atomic E-state index is 0.113. The molecular formula is C15H14BrNO4. The molecule has 2 atom stereocenters. The lowest BCUT2D eigenvalue weighted by Crippen LogP contribution is -2.31. The zero-order valence-corrected chi connectivity index (χ0v) is 12.8. The van der Waals surface area contributed by atoms with Crippen molar-refractivity contribution in [3.63, 3.8) is 0 Å². The van der Waals surface area contributed by atoms with Crippen LogP contribution in [-0.2, 0) is 9.59 Å². The molecular weight excluding hydrogens is 338 g/mol. The number of amides is 2. The lowest BCUT2D eigenvalue weighted by Gasteiger charge is -2.19. The highest BCUT2D eigenvalue weighted by Crippen LogP contribution is 2.41. The van der Waals surface area contributed by atoms with Gasteiger partial charge in [0.05, 0.1) is 23.1 Å². The first-order valence-corrected chi connectivity index (χ1v) is 7.70. The van der Waals surface area contributed by atoms with Crippen molar-refractivity contribution < 1.29 is 19.5 Å². The lowest BCUT2D eigenvalue weighted by molar-refractivity contribution is -0.122. The van der Waals surface area contributed by atoms with E-state index in [1.165, 1.54) is 23.1 Å². The number of halogens is 1. The van der Waals surface area contributed by atoms with Crippen LogP contribution in [-0.4, -0.2) is 22.9 Å². The highest BCUT2D eigenvalue weighted by molar-refractivity contribution is 9.10. The number of carboxylic acid groups (broad SMARTS) is 1. The van der Waals surface area contributed by atoms with Crippen LogP contribution in [0.5, 0.6) is 0 Å². The number of nitrogens with zero attached hydrogens (tertiary/aromatic N) is 1. The monoisotopic (exact) mass is 351 g/mol. The summed E-state index contributed by atoms with van der Waals surface area (Å²) in [4.78, 5) is 37.1. The Morgan fingerprint density at radius 2 is 1.71 bits per heavy atom. The Morgan fingerprint density at radius 3 is 2.19 bits per heavy atom. The number of aromatic carboxylic acids is 1. The third-order valence-electron chi connectivity index (χ3n) is 4.28. The molecule has 110 valence electrons. The van der Waals surface area contributed by atoms with E-state index in [1.54, 1.807) is 0 Å². The molecule has 1 aliphatic heterocycles. The molecule has 0 spiro atoms. The number of imide groups is 1. The highest BCUT2D eigenvalue weighted by atomic mass is 79.9. The molecule has 2 aliphatic rings. The fraction of sp³-hybridized carbons (Fsp3) is 0.400. The minimum Gasteiger partial charge on any atom is -0.478 e. The standard InChI is InChI=1S/C15H14BrNO4/c16-11-7-8(15(20)21)5-6-12(11)17-13(18)9-3-1-2-4-10(9)14(17)19/h5-7,9-10H,1-4H2,(H,20,21). The largest absolute Gasteiger partial charge is 0.478 e. The normalized spacial score (nSPS) is 25.1. The van der Waals surface area contributed by atoms with Gasteiger partial charge in [0.2, 0.25) is 11.8 Å². The molecule has 1 N–H and O–H groups in total. The first kappa shape index (κ1) is 14.3. The zero-order chi connectivity index (χ0) is 15.1. The van der Waals surface area contributed by atoms with Crippen LogP contribution in [0.3, 0.4) is 0 Å². The Balaban J connectivity index is 1.98. The highest BCUT2D eigenvalue weighted by Gasteiger charge is 2.49. The summed E-state index contributed by atoms with van der Waals surface area (Å²) in [5, 5.41) is 8.97. The molecule has 1 heterocycles. The van der Waals surface area contributed by atoms with Gasteiger partial charge >= 0.3 is 5.97 Å². The van der Waals surface area contributed by atoms with E-state index in [2.05, 4.69) is 15.9 Å². The lowest BCUT2D eigenvalue weighted by atomic mass is 9.81. The van der Waals surface area contributed by atoms with Crippen LogP contribution in [0.15, 0.2) is 22.7 Å². The molecule has 2 unspecified atom stereocenters. The third kappa shape index (κ3) is 2.27. The molecule has 3 rings (SSSR count). The van der Waals surface area contributed by atoms with Crippen LogP contribution in [0.4, 0.5) is 5.69 Å². The second-order valence-corrected chi connectivity index (χ2v) is 6.34. The van der Waals surface area contributed by atoms with E-state index in [1.807, 2.05) is 0 Å². The summed E-state index contributed by atoms with van der Waals surface area (Å²) >= 11 is 3.27. The maximum atomic E-state index is 12.5. The number of carbonyl (C=O) groups is 3. The van der Waals surface area contributed by atoms with Crippen molar-refractivity contribution in [1.82, 2.24) is 0 Å². The van der Waals surface area contributed by atoms with Crippen LogP contribution < -0.4 is 4.90 Å². The van der Waals surface area contributed by atoms with Crippen molar-refractivity contribution in [2.75, 3.05) is 4.90 Å². The van der Waals surface area contributed by atoms with Gasteiger partial charge in [-0.3, -0.25) is 9.59 Å². The van der Waals surface area contributed by atoms with E-state index in [0.717, 1.165) is 25.7 Å². The zero-order valence-electron chi connectivity index (χ0n) is 11.2. The van der Waals surface area contributed by atoms with Crippen LogP contribution in [0.25, 0.3) is 0 Å². The fourth-order valence-electron chi connectivity index (χ4n) is 3.22. The predicted octanol–water partition coefficient (Wildman–Crippen LogP) is 2.83. The second-order valence-electron chi connectivity index (χ2n) is 5.48. The molecule has 1 aliphatic carbocycles. The SMILES string of the molecule is O=C(O)c1ccc(N2C(=O)C3CCCCC3C2=O)c(Br)c1. The Bertz CT molecular complexity index is 619. The molecule has 21 heavy (non-hydrogen) atoms. The topological polar surface area (TPSA) is 74.7 Å². The maximum absolute atomic E-state index is 12.5. The van der Waals surface area contributed by atoms with E-state index < -0.39 is 5.97 Å². The van der Waals surface area contributed by atoms with Crippen LogP contribution >= 0.6 is 15.9 Å². The van der Waals surface area contributed by atoms with Crippen molar-refractivity contribution in [3.05, 3.63) is 28.2 Å². The quantitative estimate of drug-likeness (QED) is 0.831. The van der Waals surface area contributed by atoms with Crippen LogP contribution in [0.1, 0.15) is 36.0 Å². The molecule has 0 radical (unpaired) electrons. The van der Waals surface area contributed by atoms with Crippen molar-refractivity contribution in [2.45, 2.75) is 25.7 Å². The molecule has 5 nitrogen and oxygen atoms in total. The molecule has 0 aromatic heterocycles. The van der Waals surface area contributed by atoms with E-state index >= 15 is 0 Å². The first-order valence-electron chi connectivity index (χ1n) is 6.91. The molecule has 2 amide bonds. The predicted molar refractivity (Wildman–Crippen MR) is 79.0 cm³/mol.